The molecule has 5 nitrogen and oxygen atoms in total. The van der Waals surface area contributed by atoms with Crippen LogP contribution in [0.2, 0.25) is 0 Å². The van der Waals surface area contributed by atoms with E-state index in [0.717, 1.165) is 38.9 Å². The van der Waals surface area contributed by atoms with Gasteiger partial charge in [0.15, 0.2) is 0 Å². The average Bonchev–Trinajstić information content (AvgIpc) is 2.41. The average molecular weight is 298 g/mol. The minimum atomic E-state index is -0.446. The first kappa shape index (κ1) is 17.8. The van der Waals surface area contributed by atoms with E-state index in [9.17, 15) is 4.79 Å². The summed E-state index contributed by atoms with van der Waals surface area (Å²) in [5.74, 6) is 0. The van der Waals surface area contributed by atoms with Gasteiger partial charge in [-0.15, -0.1) is 0 Å². The molecule has 0 radical (unpaired) electrons. The largest absolute Gasteiger partial charge is 0.497 e. The van der Waals surface area contributed by atoms with Crippen molar-refractivity contribution in [3.05, 3.63) is 12.3 Å². The monoisotopic (exact) mass is 298 g/mol. The zero-order chi connectivity index (χ0) is 15.7. The zero-order valence-electron chi connectivity index (χ0n) is 13.9. The summed E-state index contributed by atoms with van der Waals surface area (Å²) >= 11 is 0. The second kappa shape index (κ2) is 8.93. The van der Waals surface area contributed by atoms with Gasteiger partial charge in [-0.3, -0.25) is 0 Å². The first-order valence-electron chi connectivity index (χ1n) is 7.91. The lowest BCUT2D eigenvalue weighted by molar-refractivity contribution is 0.0250. The molecule has 0 saturated heterocycles. The standard InChI is InChI=1S/C16H30N2O3/c1-5-10-18(15(19)21-16(2,3)4)11-9-17-13-14-8-6-7-12-20-14/h7,12,14,17H,5-6,8-11,13H2,1-4H3. The normalized spacial score (nSPS) is 18.2. The van der Waals surface area contributed by atoms with Crippen molar-refractivity contribution in [3.8, 4) is 0 Å². The third-order valence-electron chi connectivity index (χ3n) is 3.10. The number of nitrogens with one attached hydrogen (secondary N) is 1. The van der Waals surface area contributed by atoms with Crippen LogP contribution in [0, 0.1) is 0 Å². The Hall–Kier alpha value is -1.23. The predicted molar refractivity (Wildman–Crippen MR) is 84.2 cm³/mol. The Balaban J connectivity index is 2.26. The van der Waals surface area contributed by atoms with Crippen LogP contribution in [0.4, 0.5) is 4.79 Å². The van der Waals surface area contributed by atoms with Gasteiger partial charge in [-0.05, 0) is 46.1 Å². The Morgan fingerprint density at radius 1 is 1.43 bits per heavy atom. The summed E-state index contributed by atoms with van der Waals surface area (Å²) in [5.41, 5.74) is -0.446. The summed E-state index contributed by atoms with van der Waals surface area (Å²) in [4.78, 5) is 13.9. The molecular formula is C16H30N2O3. The number of nitrogens with zero attached hydrogens (tertiary/aromatic N) is 1. The van der Waals surface area contributed by atoms with Crippen LogP contribution < -0.4 is 5.32 Å². The molecular weight excluding hydrogens is 268 g/mol. The third kappa shape index (κ3) is 7.95. The molecule has 0 aliphatic carbocycles. The Labute approximate surface area is 128 Å². The lowest BCUT2D eigenvalue weighted by Gasteiger charge is -2.27. The summed E-state index contributed by atoms with van der Waals surface area (Å²) in [6, 6.07) is 0. The molecule has 0 aromatic rings. The molecule has 1 unspecified atom stereocenters. The molecule has 0 aromatic carbocycles. The highest BCUT2D eigenvalue weighted by molar-refractivity contribution is 5.68. The summed E-state index contributed by atoms with van der Waals surface area (Å²) in [7, 11) is 0. The van der Waals surface area contributed by atoms with Gasteiger partial charge in [0.1, 0.15) is 11.7 Å². The van der Waals surface area contributed by atoms with E-state index in [1.807, 2.05) is 26.8 Å². The molecule has 21 heavy (non-hydrogen) atoms. The van der Waals surface area contributed by atoms with E-state index in [-0.39, 0.29) is 12.2 Å². The molecule has 1 amide bonds. The van der Waals surface area contributed by atoms with Crippen molar-refractivity contribution in [2.45, 2.75) is 58.7 Å². The highest BCUT2D eigenvalue weighted by Gasteiger charge is 2.21. The molecule has 1 atom stereocenters. The first-order valence-corrected chi connectivity index (χ1v) is 7.91. The van der Waals surface area contributed by atoms with Crippen LogP contribution in [-0.2, 0) is 9.47 Å². The van der Waals surface area contributed by atoms with Crippen molar-refractivity contribution in [1.29, 1.82) is 0 Å². The molecule has 1 aliphatic heterocycles. The van der Waals surface area contributed by atoms with E-state index >= 15 is 0 Å². The van der Waals surface area contributed by atoms with Crippen LogP contribution >= 0.6 is 0 Å². The Kier molecular flexibility index (Phi) is 7.57. The predicted octanol–water partition coefficient (Wildman–Crippen LogP) is 2.92. The van der Waals surface area contributed by atoms with Gasteiger partial charge in [0, 0.05) is 26.2 Å². The molecule has 1 rings (SSSR count). The lowest BCUT2D eigenvalue weighted by atomic mass is 10.1. The Morgan fingerprint density at radius 3 is 2.76 bits per heavy atom. The minimum Gasteiger partial charge on any atom is -0.497 e. The van der Waals surface area contributed by atoms with Gasteiger partial charge in [-0.1, -0.05) is 6.92 Å². The molecule has 0 bridgehead atoms. The summed E-state index contributed by atoms with van der Waals surface area (Å²) in [5, 5.41) is 3.35. The van der Waals surface area contributed by atoms with Crippen molar-refractivity contribution in [2.24, 2.45) is 0 Å². The molecule has 0 fully saturated rings. The van der Waals surface area contributed by atoms with Crippen molar-refractivity contribution < 1.29 is 14.3 Å². The van der Waals surface area contributed by atoms with Gasteiger partial charge >= 0.3 is 6.09 Å². The lowest BCUT2D eigenvalue weighted by Crippen LogP contribution is -2.42. The van der Waals surface area contributed by atoms with Gasteiger partial charge in [-0.2, -0.15) is 0 Å². The maximum absolute atomic E-state index is 12.1. The summed E-state index contributed by atoms with van der Waals surface area (Å²) < 4.78 is 10.9. The summed E-state index contributed by atoms with van der Waals surface area (Å²) in [6.45, 7) is 10.7. The fraction of sp³-hybridized carbons (Fsp3) is 0.812. The van der Waals surface area contributed by atoms with Gasteiger partial charge in [-0.25, -0.2) is 4.79 Å². The SMILES string of the molecule is CCCN(CCNCC1CCC=CO1)C(=O)OC(C)(C)C. The number of carbonyl (C=O) groups excluding carboxylic acids is 1. The van der Waals surface area contributed by atoms with Gasteiger partial charge in [0.2, 0.25) is 0 Å². The van der Waals surface area contributed by atoms with Crippen LogP contribution in [0.5, 0.6) is 0 Å². The van der Waals surface area contributed by atoms with Crippen LogP contribution in [0.15, 0.2) is 12.3 Å². The molecule has 122 valence electrons. The van der Waals surface area contributed by atoms with E-state index in [4.69, 9.17) is 9.47 Å². The van der Waals surface area contributed by atoms with Gasteiger partial charge < -0.3 is 19.7 Å². The van der Waals surface area contributed by atoms with Crippen LogP contribution in [0.1, 0.15) is 47.0 Å². The number of carbonyl (C=O) groups is 1. The van der Waals surface area contributed by atoms with Gasteiger partial charge in [0.05, 0.1) is 6.26 Å². The number of hydrogen-bond donors (Lipinski definition) is 1. The molecule has 0 saturated carbocycles. The Bertz CT molecular complexity index is 337. The van der Waals surface area contributed by atoms with Crippen molar-refractivity contribution in [3.63, 3.8) is 0 Å². The maximum Gasteiger partial charge on any atom is 0.410 e. The quantitative estimate of drug-likeness (QED) is 0.734. The highest BCUT2D eigenvalue weighted by atomic mass is 16.6. The van der Waals surface area contributed by atoms with E-state index < -0.39 is 5.60 Å². The van der Waals surface area contributed by atoms with Crippen molar-refractivity contribution >= 4 is 6.09 Å². The summed E-state index contributed by atoms with van der Waals surface area (Å²) in [6.07, 6.45) is 6.89. The van der Waals surface area contributed by atoms with E-state index in [0.29, 0.717) is 6.54 Å². The van der Waals surface area contributed by atoms with Gasteiger partial charge in [0.25, 0.3) is 0 Å². The second-order valence-electron chi connectivity index (χ2n) is 6.38. The molecule has 0 spiro atoms. The van der Waals surface area contributed by atoms with Crippen molar-refractivity contribution in [1.82, 2.24) is 10.2 Å². The topological polar surface area (TPSA) is 50.8 Å². The smallest absolute Gasteiger partial charge is 0.410 e. The van der Waals surface area contributed by atoms with Crippen LogP contribution in [0.25, 0.3) is 0 Å². The molecule has 1 aliphatic rings. The fourth-order valence-electron chi connectivity index (χ4n) is 2.10. The third-order valence-corrected chi connectivity index (χ3v) is 3.10. The number of amides is 1. The van der Waals surface area contributed by atoms with Crippen LogP contribution in [-0.4, -0.2) is 48.9 Å². The molecule has 0 aromatic heterocycles. The van der Waals surface area contributed by atoms with Crippen LogP contribution in [0.3, 0.4) is 0 Å². The second-order valence-corrected chi connectivity index (χ2v) is 6.38. The number of hydrogen-bond acceptors (Lipinski definition) is 4. The maximum atomic E-state index is 12.1. The fourth-order valence-corrected chi connectivity index (χ4v) is 2.10. The molecule has 1 heterocycles. The van der Waals surface area contributed by atoms with Crippen molar-refractivity contribution in [2.75, 3.05) is 26.2 Å². The molecule has 1 N–H and O–H groups in total. The molecule has 5 heteroatoms. The number of allylic oxidation sites excluding steroid dienone is 1. The Morgan fingerprint density at radius 2 is 2.19 bits per heavy atom. The first-order chi connectivity index (χ1) is 9.92. The number of rotatable bonds is 7. The van der Waals surface area contributed by atoms with E-state index in [1.54, 1.807) is 11.2 Å². The van der Waals surface area contributed by atoms with E-state index in [1.165, 1.54) is 0 Å². The zero-order valence-corrected chi connectivity index (χ0v) is 13.9. The van der Waals surface area contributed by atoms with E-state index in [2.05, 4.69) is 12.2 Å². The minimum absolute atomic E-state index is 0.233. The highest BCUT2D eigenvalue weighted by Crippen LogP contribution is 2.10. The number of ether oxygens (including phenoxy) is 2.